The number of carbonyl (C=O) groups is 1. The van der Waals surface area contributed by atoms with Crippen LogP contribution in [0.25, 0.3) is 44.5 Å². The normalized spacial score (nSPS) is 17.9. The highest BCUT2D eigenvalue weighted by atomic mass is 19.4. The molecule has 1 N–H and O–H groups in total. The number of hydrogen-bond donors (Lipinski definition) is 1. The van der Waals surface area contributed by atoms with Gasteiger partial charge >= 0.3 is 6.18 Å². The molecule has 3 heterocycles. The average molecular weight is 530 g/mol. The fourth-order valence-corrected chi connectivity index (χ4v) is 5.67. The molecule has 2 fully saturated rings. The smallest absolute Gasteiger partial charge is 0.342 e. The number of likely N-dealkylation sites (tertiary alicyclic amines) is 1. The highest BCUT2D eigenvalue weighted by Gasteiger charge is 2.37. The van der Waals surface area contributed by atoms with Crippen LogP contribution in [0, 0.1) is 11.8 Å². The van der Waals surface area contributed by atoms with Gasteiger partial charge in [0.15, 0.2) is 0 Å². The van der Waals surface area contributed by atoms with Crippen LogP contribution in [0.4, 0.5) is 13.2 Å². The van der Waals surface area contributed by atoms with E-state index in [0.717, 1.165) is 52.9 Å². The van der Waals surface area contributed by atoms with E-state index >= 15 is 0 Å². The molecular weight excluding hydrogens is 503 g/mol. The molecule has 9 heteroatoms. The number of nitrogens with one attached hydrogen (secondary N) is 1. The first-order valence-corrected chi connectivity index (χ1v) is 13.2. The minimum Gasteiger partial charge on any atom is -0.342 e. The van der Waals surface area contributed by atoms with Crippen molar-refractivity contribution in [3.8, 4) is 22.5 Å². The van der Waals surface area contributed by atoms with Crippen molar-refractivity contribution in [2.24, 2.45) is 11.8 Å². The molecule has 1 aliphatic carbocycles. The van der Waals surface area contributed by atoms with Crippen LogP contribution >= 0.6 is 0 Å². The summed E-state index contributed by atoms with van der Waals surface area (Å²) in [6, 6.07) is 17.8. The number of H-pyrrole nitrogens is 1. The maximum Gasteiger partial charge on any atom is 0.416 e. The number of carbonyl (C=O) groups excluding carboxylic acids is 1. The molecule has 0 unspecified atom stereocenters. The van der Waals surface area contributed by atoms with Crippen molar-refractivity contribution in [2.45, 2.75) is 32.0 Å². The van der Waals surface area contributed by atoms with Crippen LogP contribution in [-0.4, -0.2) is 43.6 Å². The molecule has 1 atom stereocenters. The van der Waals surface area contributed by atoms with Crippen molar-refractivity contribution < 1.29 is 18.0 Å². The Kier molecular flexibility index (Phi) is 5.50. The van der Waals surface area contributed by atoms with Crippen LogP contribution in [0.3, 0.4) is 0 Å². The van der Waals surface area contributed by atoms with Gasteiger partial charge in [-0.2, -0.15) is 18.3 Å². The van der Waals surface area contributed by atoms with Crippen LogP contribution in [-0.2, 0) is 17.5 Å². The maximum atomic E-state index is 13.6. The van der Waals surface area contributed by atoms with Crippen molar-refractivity contribution in [3.63, 3.8) is 0 Å². The van der Waals surface area contributed by atoms with Crippen LogP contribution in [0.2, 0.25) is 0 Å². The number of imidazole rings is 1. The van der Waals surface area contributed by atoms with E-state index in [9.17, 15) is 18.0 Å². The summed E-state index contributed by atoms with van der Waals surface area (Å²) >= 11 is 0. The van der Waals surface area contributed by atoms with Crippen molar-refractivity contribution in [1.29, 1.82) is 0 Å². The number of rotatable bonds is 5. The number of fused-ring (bicyclic) bond motifs is 2. The van der Waals surface area contributed by atoms with Crippen LogP contribution in [0.5, 0.6) is 0 Å². The van der Waals surface area contributed by atoms with Gasteiger partial charge in [-0.1, -0.05) is 30.3 Å². The topological polar surface area (TPSA) is 66.8 Å². The van der Waals surface area contributed by atoms with Gasteiger partial charge in [0.05, 0.1) is 28.3 Å². The first-order chi connectivity index (χ1) is 18.8. The van der Waals surface area contributed by atoms with Crippen molar-refractivity contribution in [1.82, 2.24) is 24.6 Å². The number of nitrogens with zero attached hydrogens (tertiary/aromatic N) is 4. The molecular formula is C30H26F3N5O. The quantitative estimate of drug-likeness (QED) is 0.282. The molecule has 1 amide bonds. The van der Waals surface area contributed by atoms with Gasteiger partial charge in [0.2, 0.25) is 5.91 Å². The molecule has 39 heavy (non-hydrogen) atoms. The van der Waals surface area contributed by atoms with E-state index in [2.05, 4.69) is 16.3 Å². The number of halogens is 3. The summed E-state index contributed by atoms with van der Waals surface area (Å²) in [5, 5.41) is 8.05. The Bertz CT molecular complexity index is 1700. The van der Waals surface area contributed by atoms with Crippen molar-refractivity contribution in [2.75, 3.05) is 13.1 Å². The molecule has 1 aliphatic heterocycles. The van der Waals surface area contributed by atoms with Gasteiger partial charge in [0, 0.05) is 36.5 Å². The second kappa shape index (κ2) is 8.97. The molecule has 2 aliphatic rings. The standard InChI is InChI=1S/C30H26F3N5O/c31-30(32,33)24-8-10-26-27(14-24)38(17-18-11-12-37(16-18)29(39)21-5-6-21)28(35-26)20-3-1-19(2-4-20)22-7-9-25-23(13-22)15-34-36-25/h1-4,7-10,13-15,18,21H,5-6,11-12,16-17H2,(H,34,36)/t18-/m1/s1. The molecule has 7 rings (SSSR count). The largest absolute Gasteiger partial charge is 0.416 e. The zero-order valence-electron chi connectivity index (χ0n) is 21.1. The first kappa shape index (κ1) is 23.9. The Balaban J connectivity index is 1.24. The predicted molar refractivity (Wildman–Crippen MR) is 143 cm³/mol. The molecule has 5 aromatic rings. The summed E-state index contributed by atoms with van der Waals surface area (Å²) in [6.07, 6.45) is 0.0893. The Morgan fingerprint density at radius 1 is 0.949 bits per heavy atom. The zero-order valence-corrected chi connectivity index (χ0v) is 21.1. The van der Waals surface area contributed by atoms with Crippen molar-refractivity contribution >= 4 is 27.8 Å². The van der Waals surface area contributed by atoms with E-state index in [-0.39, 0.29) is 17.7 Å². The van der Waals surface area contributed by atoms with E-state index in [1.54, 1.807) is 6.20 Å². The second-order valence-electron chi connectivity index (χ2n) is 10.7. The summed E-state index contributed by atoms with van der Waals surface area (Å²) in [4.78, 5) is 19.3. The third kappa shape index (κ3) is 4.45. The summed E-state index contributed by atoms with van der Waals surface area (Å²) < 4.78 is 42.7. The van der Waals surface area contributed by atoms with Gasteiger partial charge in [-0.05, 0) is 66.6 Å². The highest BCUT2D eigenvalue weighted by molar-refractivity contribution is 5.85. The van der Waals surface area contributed by atoms with Gasteiger partial charge in [-0.3, -0.25) is 9.89 Å². The number of benzene rings is 3. The van der Waals surface area contributed by atoms with Crippen LogP contribution < -0.4 is 0 Å². The molecule has 2 aromatic heterocycles. The molecule has 0 radical (unpaired) electrons. The number of aromatic nitrogens is 4. The number of aromatic amines is 1. The lowest BCUT2D eigenvalue weighted by atomic mass is 10.0. The SMILES string of the molecule is O=C(C1CC1)N1CC[C@@H](Cn2c(-c3ccc(-c4ccc5[nH]ncc5c4)cc3)nc3ccc(C(F)(F)F)cc32)C1. The summed E-state index contributed by atoms with van der Waals surface area (Å²) in [5.74, 6) is 1.17. The number of alkyl halides is 3. The molecule has 0 bridgehead atoms. The van der Waals surface area contributed by atoms with Crippen LogP contribution in [0.1, 0.15) is 24.8 Å². The Hall–Kier alpha value is -4.14. The first-order valence-electron chi connectivity index (χ1n) is 13.2. The van der Waals surface area contributed by atoms with E-state index in [1.165, 1.54) is 12.1 Å². The third-order valence-electron chi connectivity index (χ3n) is 7.96. The monoisotopic (exact) mass is 529 g/mol. The highest BCUT2D eigenvalue weighted by Crippen LogP contribution is 2.36. The summed E-state index contributed by atoms with van der Waals surface area (Å²) in [5.41, 5.74) is 4.16. The van der Waals surface area contributed by atoms with Gasteiger partial charge in [0.1, 0.15) is 5.82 Å². The molecule has 1 saturated heterocycles. The van der Waals surface area contributed by atoms with Crippen LogP contribution in [0.15, 0.2) is 66.9 Å². The van der Waals surface area contributed by atoms with Gasteiger partial charge in [-0.15, -0.1) is 0 Å². The van der Waals surface area contributed by atoms with Crippen molar-refractivity contribution in [3.05, 3.63) is 72.4 Å². The lowest BCUT2D eigenvalue weighted by Crippen LogP contribution is -2.30. The average Bonchev–Trinajstić information content (AvgIpc) is 3.33. The fraction of sp³-hybridized carbons (Fsp3) is 0.300. The Labute approximate surface area is 222 Å². The van der Waals surface area contributed by atoms with E-state index in [4.69, 9.17) is 4.98 Å². The lowest BCUT2D eigenvalue weighted by Gasteiger charge is -2.18. The third-order valence-corrected chi connectivity index (χ3v) is 7.96. The van der Waals surface area contributed by atoms with E-state index in [1.807, 2.05) is 45.9 Å². The Morgan fingerprint density at radius 2 is 1.72 bits per heavy atom. The molecule has 198 valence electrons. The van der Waals surface area contributed by atoms with Gasteiger partial charge in [-0.25, -0.2) is 4.98 Å². The minimum absolute atomic E-state index is 0.152. The van der Waals surface area contributed by atoms with E-state index in [0.29, 0.717) is 36.5 Å². The number of hydrogen-bond acceptors (Lipinski definition) is 3. The molecule has 1 saturated carbocycles. The zero-order chi connectivity index (χ0) is 26.7. The number of amides is 1. The predicted octanol–water partition coefficient (Wildman–Crippen LogP) is 6.52. The van der Waals surface area contributed by atoms with Gasteiger partial charge < -0.3 is 9.47 Å². The van der Waals surface area contributed by atoms with E-state index < -0.39 is 11.7 Å². The second-order valence-corrected chi connectivity index (χ2v) is 10.7. The molecule has 3 aromatic carbocycles. The minimum atomic E-state index is -4.44. The fourth-order valence-electron chi connectivity index (χ4n) is 5.67. The lowest BCUT2D eigenvalue weighted by molar-refractivity contribution is -0.137. The van der Waals surface area contributed by atoms with Gasteiger partial charge in [0.25, 0.3) is 0 Å². The maximum absolute atomic E-state index is 13.6. The Morgan fingerprint density at radius 3 is 2.49 bits per heavy atom. The molecule has 6 nitrogen and oxygen atoms in total. The molecule has 0 spiro atoms. The summed E-state index contributed by atoms with van der Waals surface area (Å²) in [6.45, 7) is 1.83. The summed E-state index contributed by atoms with van der Waals surface area (Å²) in [7, 11) is 0.